The molecular formula is C13H11F2NO3. The Hall–Kier alpha value is -2.21. The number of rotatable bonds is 4. The predicted octanol–water partition coefficient (Wildman–Crippen LogP) is 2.53. The quantitative estimate of drug-likeness (QED) is 0.892. The Morgan fingerprint density at radius 1 is 1.21 bits per heavy atom. The lowest BCUT2D eigenvalue weighted by Gasteiger charge is -2.16. The topological polar surface area (TPSA) is 72.6 Å². The van der Waals surface area contributed by atoms with Crippen molar-refractivity contribution in [2.45, 2.75) is 12.7 Å². The van der Waals surface area contributed by atoms with E-state index >= 15 is 0 Å². The zero-order valence-corrected chi connectivity index (χ0v) is 9.72. The number of hydrogen-bond acceptors (Lipinski definition) is 3. The molecule has 0 saturated carbocycles. The van der Waals surface area contributed by atoms with Crippen molar-refractivity contribution in [3.05, 3.63) is 42.0 Å². The fourth-order valence-electron chi connectivity index (χ4n) is 1.92. The molecule has 0 spiro atoms. The molecule has 0 aliphatic rings. The molecule has 0 radical (unpaired) electrons. The van der Waals surface area contributed by atoms with Crippen LogP contribution in [0.25, 0.3) is 10.8 Å². The molecule has 0 aliphatic heterocycles. The highest BCUT2D eigenvalue weighted by Gasteiger charge is 2.23. The van der Waals surface area contributed by atoms with Gasteiger partial charge in [0.25, 0.3) is 0 Å². The number of halogens is 2. The van der Waals surface area contributed by atoms with Crippen LogP contribution in [0.15, 0.2) is 36.4 Å². The third-order valence-corrected chi connectivity index (χ3v) is 2.72. The van der Waals surface area contributed by atoms with Gasteiger partial charge in [0.05, 0.1) is 0 Å². The molecule has 2 rings (SSSR count). The number of nitrogens with two attached hydrogens (primary N) is 1. The lowest BCUT2D eigenvalue weighted by atomic mass is 9.98. The first kappa shape index (κ1) is 13.2. The van der Waals surface area contributed by atoms with Crippen molar-refractivity contribution >= 4 is 16.7 Å². The maximum Gasteiger partial charge on any atom is 0.387 e. The van der Waals surface area contributed by atoms with Crippen molar-refractivity contribution < 1.29 is 23.4 Å². The Labute approximate surface area is 107 Å². The zero-order chi connectivity index (χ0) is 14.0. The number of fused-ring (bicyclic) bond motifs is 1. The van der Waals surface area contributed by atoms with Gasteiger partial charge in [-0.1, -0.05) is 30.3 Å². The van der Waals surface area contributed by atoms with E-state index in [0.717, 1.165) is 0 Å². The first-order valence-corrected chi connectivity index (χ1v) is 5.45. The van der Waals surface area contributed by atoms with E-state index in [1.165, 1.54) is 6.07 Å². The third kappa shape index (κ3) is 2.63. The van der Waals surface area contributed by atoms with Crippen LogP contribution in [0.1, 0.15) is 11.6 Å². The third-order valence-electron chi connectivity index (χ3n) is 2.72. The molecule has 6 heteroatoms. The Morgan fingerprint density at radius 3 is 2.53 bits per heavy atom. The number of ether oxygens (including phenoxy) is 1. The summed E-state index contributed by atoms with van der Waals surface area (Å²) in [6.07, 6.45) is 0. The fraction of sp³-hybridized carbons (Fsp3) is 0.154. The minimum absolute atomic E-state index is 0.0471. The molecule has 0 unspecified atom stereocenters. The summed E-state index contributed by atoms with van der Waals surface area (Å²) in [7, 11) is 0. The van der Waals surface area contributed by atoms with Gasteiger partial charge in [-0.2, -0.15) is 8.78 Å². The average Bonchev–Trinajstić information content (AvgIpc) is 2.37. The van der Waals surface area contributed by atoms with Crippen molar-refractivity contribution in [3.8, 4) is 5.75 Å². The summed E-state index contributed by atoms with van der Waals surface area (Å²) in [6.45, 7) is -3.04. The summed E-state index contributed by atoms with van der Waals surface area (Å²) in [4.78, 5) is 11.0. The van der Waals surface area contributed by atoms with Crippen molar-refractivity contribution in [2.24, 2.45) is 5.73 Å². The normalized spacial score (nSPS) is 12.6. The second-order valence-electron chi connectivity index (χ2n) is 3.89. The van der Waals surface area contributed by atoms with Gasteiger partial charge in [0.15, 0.2) is 0 Å². The van der Waals surface area contributed by atoms with Crippen molar-refractivity contribution in [1.29, 1.82) is 0 Å². The maximum atomic E-state index is 12.4. The van der Waals surface area contributed by atoms with Crippen LogP contribution in [0.3, 0.4) is 0 Å². The number of alkyl halides is 2. The summed E-state index contributed by atoms with van der Waals surface area (Å²) in [5.41, 5.74) is 5.60. The standard InChI is InChI=1S/C13H11F2NO3/c14-13(15)19-9-6-5-7-3-1-2-4-8(7)10(9)11(16)12(17)18/h1-6,11,13H,16H2,(H,17,18)/t11-/m0/s1. The lowest BCUT2D eigenvalue weighted by Crippen LogP contribution is -2.22. The van der Waals surface area contributed by atoms with Gasteiger partial charge in [0.2, 0.25) is 0 Å². The van der Waals surface area contributed by atoms with Crippen molar-refractivity contribution in [3.63, 3.8) is 0 Å². The van der Waals surface area contributed by atoms with Crippen LogP contribution in [0, 0.1) is 0 Å². The molecule has 0 bridgehead atoms. The van der Waals surface area contributed by atoms with E-state index in [4.69, 9.17) is 10.8 Å². The molecule has 100 valence electrons. The van der Waals surface area contributed by atoms with E-state index in [0.29, 0.717) is 10.8 Å². The van der Waals surface area contributed by atoms with Gasteiger partial charge in [-0.3, -0.25) is 4.79 Å². The highest BCUT2D eigenvalue weighted by molar-refractivity contribution is 5.92. The molecule has 3 N–H and O–H groups in total. The van der Waals surface area contributed by atoms with E-state index in [-0.39, 0.29) is 11.3 Å². The zero-order valence-electron chi connectivity index (χ0n) is 9.72. The van der Waals surface area contributed by atoms with Crippen LogP contribution in [0.4, 0.5) is 8.78 Å². The highest BCUT2D eigenvalue weighted by atomic mass is 19.3. The van der Waals surface area contributed by atoms with Crippen LogP contribution >= 0.6 is 0 Å². The summed E-state index contributed by atoms with van der Waals surface area (Å²) in [5.74, 6) is -1.53. The average molecular weight is 267 g/mol. The summed E-state index contributed by atoms with van der Waals surface area (Å²) >= 11 is 0. The van der Waals surface area contributed by atoms with Gasteiger partial charge in [-0.05, 0) is 16.8 Å². The summed E-state index contributed by atoms with van der Waals surface area (Å²) in [5, 5.41) is 10.2. The smallest absolute Gasteiger partial charge is 0.387 e. The van der Waals surface area contributed by atoms with E-state index in [1.54, 1.807) is 30.3 Å². The summed E-state index contributed by atoms with van der Waals surface area (Å²) in [6, 6.07) is 8.22. The molecule has 0 saturated heterocycles. The predicted molar refractivity (Wildman–Crippen MR) is 65.1 cm³/mol. The van der Waals surface area contributed by atoms with Crippen molar-refractivity contribution in [2.75, 3.05) is 0 Å². The van der Waals surface area contributed by atoms with Gasteiger partial charge in [-0.25, -0.2) is 0 Å². The minimum atomic E-state index is -3.04. The van der Waals surface area contributed by atoms with Gasteiger partial charge < -0.3 is 15.6 Å². The minimum Gasteiger partial charge on any atom is -0.480 e. The molecule has 2 aromatic carbocycles. The Balaban J connectivity index is 2.67. The molecule has 0 aromatic heterocycles. The fourth-order valence-corrected chi connectivity index (χ4v) is 1.92. The molecule has 4 nitrogen and oxygen atoms in total. The second-order valence-corrected chi connectivity index (χ2v) is 3.89. The highest BCUT2D eigenvalue weighted by Crippen LogP contribution is 2.33. The first-order chi connectivity index (χ1) is 9.00. The van der Waals surface area contributed by atoms with Gasteiger partial charge >= 0.3 is 12.6 Å². The number of hydrogen-bond donors (Lipinski definition) is 2. The maximum absolute atomic E-state index is 12.4. The molecule has 0 amide bonds. The van der Waals surface area contributed by atoms with Crippen LogP contribution in [0.2, 0.25) is 0 Å². The van der Waals surface area contributed by atoms with Gasteiger partial charge in [0, 0.05) is 5.56 Å². The lowest BCUT2D eigenvalue weighted by molar-refractivity contribution is -0.138. The molecule has 0 fully saturated rings. The summed E-state index contributed by atoms with van der Waals surface area (Å²) < 4.78 is 29.1. The number of benzene rings is 2. The number of aliphatic carboxylic acids is 1. The SMILES string of the molecule is N[C@H](C(=O)O)c1c(OC(F)F)ccc2ccccc12. The molecule has 2 aromatic rings. The number of carbonyl (C=O) groups is 1. The molecule has 0 aliphatic carbocycles. The Kier molecular flexibility index (Phi) is 3.62. The van der Waals surface area contributed by atoms with Crippen LogP contribution in [-0.4, -0.2) is 17.7 Å². The second kappa shape index (κ2) is 5.19. The van der Waals surface area contributed by atoms with E-state index < -0.39 is 18.6 Å². The van der Waals surface area contributed by atoms with Crippen LogP contribution in [0.5, 0.6) is 5.75 Å². The molecule has 1 atom stereocenters. The monoisotopic (exact) mass is 267 g/mol. The number of carboxylic acids is 1. The number of carboxylic acid groups (broad SMARTS) is 1. The van der Waals surface area contributed by atoms with E-state index in [9.17, 15) is 13.6 Å². The Bertz CT molecular complexity index is 616. The van der Waals surface area contributed by atoms with Gasteiger partial charge in [-0.15, -0.1) is 0 Å². The van der Waals surface area contributed by atoms with Gasteiger partial charge in [0.1, 0.15) is 11.8 Å². The molecule has 0 heterocycles. The Morgan fingerprint density at radius 2 is 1.89 bits per heavy atom. The largest absolute Gasteiger partial charge is 0.480 e. The van der Waals surface area contributed by atoms with Crippen molar-refractivity contribution in [1.82, 2.24) is 0 Å². The van der Waals surface area contributed by atoms with Crippen LogP contribution < -0.4 is 10.5 Å². The first-order valence-electron chi connectivity index (χ1n) is 5.45. The van der Waals surface area contributed by atoms with E-state index in [2.05, 4.69) is 4.74 Å². The van der Waals surface area contributed by atoms with E-state index in [1.807, 2.05) is 0 Å². The molecule has 19 heavy (non-hydrogen) atoms. The molecular weight excluding hydrogens is 256 g/mol. The van der Waals surface area contributed by atoms with Crippen LogP contribution in [-0.2, 0) is 4.79 Å².